The van der Waals surface area contributed by atoms with Gasteiger partial charge in [0.25, 0.3) is 11.8 Å². The fourth-order valence-corrected chi connectivity index (χ4v) is 3.25. The van der Waals surface area contributed by atoms with E-state index in [1.54, 1.807) is 42.5 Å². The van der Waals surface area contributed by atoms with Crippen LogP contribution >= 0.6 is 15.9 Å². The number of carboxylic acids is 1. The quantitative estimate of drug-likeness (QED) is 0.462. The highest BCUT2D eigenvalue weighted by molar-refractivity contribution is 9.10. The number of carbonyl (C=O) groups excluding carboxylic acids is 2. The van der Waals surface area contributed by atoms with Crippen molar-refractivity contribution < 1.29 is 23.9 Å². The van der Waals surface area contributed by atoms with Crippen molar-refractivity contribution in [3.63, 3.8) is 0 Å². The Kier molecular flexibility index (Phi) is 4.77. The molecule has 29 heavy (non-hydrogen) atoms. The predicted octanol–water partition coefficient (Wildman–Crippen LogP) is 3.87. The van der Waals surface area contributed by atoms with Gasteiger partial charge in [0.05, 0.1) is 11.3 Å². The Labute approximate surface area is 173 Å². The second-order valence-electron chi connectivity index (χ2n) is 6.20. The molecule has 0 radical (unpaired) electrons. The summed E-state index contributed by atoms with van der Waals surface area (Å²) in [5.41, 5.74) is 3.86. The number of carboxylic acid groups (broad SMARTS) is 1. The molecule has 2 aromatic carbocycles. The number of hydrogen-bond acceptors (Lipinski definition) is 4. The number of nitrogens with one attached hydrogen (secondary N) is 1. The van der Waals surface area contributed by atoms with Gasteiger partial charge in [-0.2, -0.15) is 0 Å². The van der Waals surface area contributed by atoms with Gasteiger partial charge in [0.2, 0.25) is 0 Å². The maximum absolute atomic E-state index is 12.7. The third kappa shape index (κ3) is 3.70. The summed E-state index contributed by atoms with van der Waals surface area (Å²) >= 11 is 3.34. The van der Waals surface area contributed by atoms with Crippen molar-refractivity contribution in [3.8, 4) is 11.3 Å². The number of anilines is 1. The molecule has 2 heterocycles. The topological polar surface area (TPSA) is 99.9 Å². The molecule has 0 bridgehead atoms. The average Bonchev–Trinajstić information content (AvgIpc) is 3.28. The molecule has 1 aliphatic heterocycles. The van der Waals surface area contributed by atoms with Crippen LogP contribution in [-0.2, 0) is 9.59 Å². The largest absolute Gasteiger partial charge is 0.478 e. The zero-order valence-electron chi connectivity index (χ0n) is 14.8. The number of rotatable bonds is 4. The van der Waals surface area contributed by atoms with Crippen molar-refractivity contribution in [2.45, 2.75) is 0 Å². The molecule has 2 N–H and O–H groups in total. The Bertz CT molecular complexity index is 1160. The van der Waals surface area contributed by atoms with Crippen LogP contribution in [-0.4, -0.2) is 22.9 Å². The van der Waals surface area contributed by atoms with Gasteiger partial charge in [0.1, 0.15) is 17.1 Å². The molecule has 2 amide bonds. The van der Waals surface area contributed by atoms with Gasteiger partial charge in [-0.3, -0.25) is 15.0 Å². The van der Waals surface area contributed by atoms with Crippen LogP contribution < -0.4 is 10.4 Å². The van der Waals surface area contributed by atoms with Crippen LogP contribution in [0.3, 0.4) is 0 Å². The van der Waals surface area contributed by atoms with E-state index in [-0.39, 0.29) is 11.1 Å². The number of benzene rings is 2. The minimum absolute atomic E-state index is 0.0490. The summed E-state index contributed by atoms with van der Waals surface area (Å²) in [7, 11) is 0. The third-order valence-corrected chi connectivity index (χ3v) is 4.78. The van der Waals surface area contributed by atoms with Gasteiger partial charge in [0, 0.05) is 10.0 Å². The highest BCUT2D eigenvalue weighted by atomic mass is 79.9. The Hall–Kier alpha value is -3.65. The van der Waals surface area contributed by atoms with E-state index in [0.29, 0.717) is 22.8 Å². The lowest BCUT2D eigenvalue weighted by Crippen LogP contribution is -2.35. The van der Waals surface area contributed by atoms with Crippen LogP contribution in [0.1, 0.15) is 16.1 Å². The van der Waals surface area contributed by atoms with Crippen LogP contribution in [0.15, 0.2) is 75.1 Å². The molecule has 8 heteroatoms. The Morgan fingerprint density at radius 2 is 1.83 bits per heavy atom. The first-order valence-corrected chi connectivity index (χ1v) is 9.28. The third-order valence-electron chi connectivity index (χ3n) is 4.29. The standard InChI is InChI=1S/C21H13BrN2O5/c22-14-2-1-3-15(10-14)24-20(26)17(19(25)23-24)11-16-8-9-18(29-16)12-4-6-13(7-5-12)21(27)28/h1-11H,(H,23,25)(H,27,28). The Morgan fingerprint density at radius 3 is 2.52 bits per heavy atom. The minimum Gasteiger partial charge on any atom is -0.478 e. The number of carbonyl (C=O) groups is 3. The van der Waals surface area contributed by atoms with Crippen molar-refractivity contribution >= 4 is 45.5 Å². The van der Waals surface area contributed by atoms with E-state index in [0.717, 1.165) is 4.47 Å². The Balaban J connectivity index is 1.59. The molecule has 0 aliphatic carbocycles. The summed E-state index contributed by atoms with van der Waals surface area (Å²) in [5, 5.41) is 10.1. The van der Waals surface area contributed by atoms with Crippen molar-refractivity contribution in [2.24, 2.45) is 0 Å². The molecule has 0 unspecified atom stereocenters. The number of hydrazine groups is 1. The van der Waals surface area contributed by atoms with Crippen LogP contribution in [0.25, 0.3) is 17.4 Å². The number of halogens is 1. The number of hydrogen-bond donors (Lipinski definition) is 2. The first-order chi connectivity index (χ1) is 13.9. The lowest BCUT2D eigenvalue weighted by molar-refractivity contribution is -0.117. The van der Waals surface area contributed by atoms with Gasteiger partial charge >= 0.3 is 5.97 Å². The number of amides is 2. The van der Waals surface area contributed by atoms with Crippen LogP contribution in [0, 0.1) is 0 Å². The lowest BCUT2D eigenvalue weighted by atomic mass is 10.1. The highest BCUT2D eigenvalue weighted by Gasteiger charge is 2.34. The van der Waals surface area contributed by atoms with Crippen molar-refractivity contribution in [1.29, 1.82) is 0 Å². The molecule has 0 saturated carbocycles. The van der Waals surface area contributed by atoms with Crippen LogP contribution in [0.4, 0.5) is 5.69 Å². The second-order valence-corrected chi connectivity index (χ2v) is 7.12. The maximum Gasteiger partial charge on any atom is 0.335 e. The molecular formula is C21H13BrN2O5. The summed E-state index contributed by atoms with van der Waals surface area (Å²) in [5.74, 6) is -1.21. The normalized spacial score (nSPS) is 15.1. The number of nitrogens with zero attached hydrogens (tertiary/aromatic N) is 1. The summed E-state index contributed by atoms with van der Waals surface area (Å²) < 4.78 is 6.48. The Morgan fingerprint density at radius 1 is 1.07 bits per heavy atom. The van der Waals surface area contributed by atoms with Crippen molar-refractivity contribution in [3.05, 3.63) is 82.0 Å². The SMILES string of the molecule is O=C1NN(c2cccc(Br)c2)C(=O)C1=Cc1ccc(-c2ccc(C(=O)O)cc2)o1. The van der Waals surface area contributed by atoms with E-state index in [1.807, 2.05) is 6.07 Å². The second kappa shape index (κ2) is 7.40. The number of aromatic carboxylic acids is 1. The molecule has 1 fully saturated rings. The van der Waals surface area contributed by atoms with Crippen molar-refractivity contribution in [1.82, 2.24) is 5.43 Å². The molecule has 7 nitrogen and oxygen atoms in total. The first-order valence-electron chi connectivity index (χ1n) is 8.48. The molecule has 144 valence electrons. The monoisotopic (exact) mass is 452 g/mol. The molecule has 0 atom stereocenters. The average molecular weight is 453 g/mol. The maximum atomic E-state index is 12.7. The molecule has 0 spiro atoms. The van der Waals surface area contributed by atoms with E-state index >= 15 is 0 Å². The lowest BCUT2D eigenvalue weighted by Gasteiger charge is -2.14. The summed E-state index contributed by atoms with van der Waals surface area (Å²) in [4.78, 5) is 35.9. The predicted molar refractivity (Wildman–Crippen MR) is 109 cm³/mol. The van der Waals surface area contributed by atoms with Crippen molar-refractivity contribution in [2.75, 3.05) is 5.01 Å². The highest BCUT2D eigenvalue weighted by Crippen LogP contribution is 2.27. The summed E-state index contributed by atoms with van der Waals surface area (Å²) in [6.07, 6.45) is 1.38. The fraction of sp³-hybridized carbons (Fsp3) is 0. The van der Waals surface area contributed by atoms with E-state index < -0.39 is 17.8 Å². The molecule has 1 aliphatic rings. The van der Waals surface area contributed by atoms with Gasteiger partial charge in [0.15, 0.2) is 0 Å². The molecular weight excluding hydrogens is 440 g/mol. The van der Waals surface area contributed by atoms with Crippen LogP contribution in [0.2, 0.25) is 0 Å². The van der Waals surface area contributed by atoms with E-state index in [2.05, 4.69) is 21.4 Å². The van der Waals surface area contributed by atoms with E-state index in [1.165, 1.54) is 23.2 Å². The summed E-state index contributed by atoms with van der Waals surface area (Å²) in [6, 6.07) is 16.5. The molecule has 1 aromatic heterocycles. The molecule has 3 aromatic rings. The molecule has 4 rings (SSSR count). The van der Waals surface area contributed by atoms with Crippen LogP contribution in [0.5, 0.6) is 0 Å². The number of furan rings is 1. The van der Waals surface area contributed by atoms with Gasteiger partial charge in [-0.05, 0) is 48.5 Å². The van der Waals surface area contributed by atoms with E-state index in [4.69, 9.17) is 9.52 Å². The first kappa shape index (κ1) is 18.7. The van der Waals surface area contributed by atoms with E-state index in [9.17, 15) is 14.4 Å². The van der Waals surface area contributed by atoms with Gasteiger partial charge in [-0.15, -0.1) is 0 Å². The smallest absolute Gasteiger partial charge is 0.335 e. The zero-order valence-corrected chi connectivity index (χ0v) is 16.3. The summed E-state index contributed by atoms with van der Waals surface area (Å²) in [6.45, 7) is 0. The van der Waals surface area contributed by atoms with Gasteiger partial charge < -0.3 is 9.52 Å². The molecule has 1 saturated heterocycles. The van der Waals surface area contributed by atoms with Gasteiger partial charge in [-0.1, -0.05) is 34.1 Å². The zero-order chi connectivity index (χ0) is 20.5. The van der Waals surface area contributed by atoms with Gasteiger partial charge in [-0.25, -0.2) is 9.80 Å². The minimum atomic E-state index is -1.01. The fourth-order valence-electron chi connectivity index (χ4n) is 2.86.